The van der Waals surface area contributed by atoms with E-state index in [0.717, 1.165) is 0 Å². The standard InChI is InChI=1S/C8H9Br.CH2O2.BrH/c1-6-3-4-7(2)8(9)5-6;2-1-3;/h3-5H,1-2H3;1H,(H,2,3);1H. The van der Waals surface area contributed by atoms with Gasteiger partial charge in [-0.1, -0.05) is 28.1 Å². The lowest BCUT2D eigenvalue weighted by Crippen LogP contribution is -1.75. The second kappa shape index (κ2) is 8.26. The van der Waals surface area contributed by atoms with Crippen molar-refractivity contribution in [2.24, 2.45) is 0 Å². The minimum absolute atomic E-state index is 0. The molecule has 0 spiro atoms. The predicted octanol–water partition coefficient (Wildman–Crippen LogP) is 3.34. The van der Waals surface area contributed by atoms with E-state index in [-0.39, 0.29) is 23.5 Å². The van der Waals surface area contributed by atoms with Crippen molar-refractivity contribution in [2.75, 3.05) is 0 Å². The Bertz CT molecular complexity index is 262. The molecule has 0 saturated heterocycles. The fraction of sp³-hybridized carbons (Fsp3) is 0.222. The predicted molar refractivity (Wildman–Crippen MR) is 62.6 cm³/mol. The van der Waals surface area contributed by atoms with Gasteiger partial charge in [0.2, 0.25) is 0 Å². The van der Waals surface area contributed by atoms with Crippen LogP contribution in [0.5, 0.6) is 0 Å². The molecule has 1 N–H and O–H groups in total. The zero-order valence-corrected chi connectivity index (χ0v) is 10.8. The molecule has 0 aromatic heterocycles. The Morgan fingerprint density at radius 2 is 1.85 bits per heavy atom. The summed E-state index contributed by atoms with van der Waals surface area (Å²) in [5.74, 6) is 0. The lowest BCUT2D eigenvalue weighted by molar-refractivity contribution is -0.122. The summed E-state index contributed by atoms with van der Waals surface area (Å²) < 4.78 is 1.20. The summed E-state index contributed by atoms with van der Waals surface area (Å²) in [5.41, 5.74) is 2.59. The summed E-state index contributed by atoms with van der Waals surface area (Å²) in [7, 11) is 0. The lowest BCUT2D eigenvalue weighted by atomic mass is 10.2. The average Bonchev–Trinajstić information content (AvgIpc) is 1.99. The van der Waals surface area contributed by atoms with Crippen molar-refractivity contribution < 1.29 is 9.90 Å². The van der Waals surface area contributed by atoms with Gasteiger partial charge >= 0.3 is 0 Å². The Balaban J connectivity index is 0. The monoisotopic (exact) mass is 310 g/mol. The third-order valence-corrected chi connectivity index (χ3v) is 2.18. The summed E-state index contributed by atoms with van der Waals surface area (Å²) in [6, 6.07) is 6.34. The molecule has 0 aliphatic carbocycles. The van der Waals surface area contributed by atoms with E-state index in [1.165, 1.54) is 15.6 Å². The van der Waals surface area contributed by atoms with E-state index >= 15 is 0 Å². The first-order chi connectivity index (χ1) is 5.61. The molecular weight excluding hydrogens is 300 g/mol. The van der Waals surface area contributed by atoms with Crippen molar-refractivity contribution in [1.29, 1.82) is 0 Å². The van der Waals surface area contributed by atoms with Crippen LogP contribution in [-0.4, -0.2) is 11.6 Å². The van der Waals surface area contributed by atoms with Crippen LogP contribution >= 0.6 is 32.9 Å². The molecule has 0 heterocycles. The molecule has 13 heavy (non-hydrogen) atoms. The highest BCUT2D eigenvalue weighted by Gasteiger charge is 1.90. The van der Waals surface area contributed by atoms with E-state index in [1.54, 1.807) is 0 Å². The average molecular weight is 312 g/mol. The van der Waals surface area contributed by atoms with Crippen LogP contribution in [0.1, 0.15) is 11.1 Å². The van der Waals surface area contributed by atoms with Gasteiger partial charge in [0.15, 0.2) is 0 Å². The van der Waals surface area contributed by atoms with E-state index in [4.69, 9.17) is 9.90 Å². The maximum absolute atomic E-state index is 8.36. The Labute approximate surface area is 96.9 Å². The Hall–Kier alpha value is -0.350. The quantitative estimate of drug-likeness (QED) is 0.746. The van der Waals surface area contributed by atoms with Crippen LogP contribution in [0.4, 0.5) is 0 Å². The summed E-state index contributed by atoms with van der Waals surface area (Å²) in [5, 5.41) is 6.89. The molecule has 0 radical (unpaired) electrons. The highest BCUT2D eigenvalue weighted by Crippen LogP contribution is 2.16. The molecule has 0 amide bonds. The molecule has 0 aliphatic rings. The fourth-order valence-corrected chi connectivity index (χ4v) is 1.19. The first-order valence-electron chi connectivity index (χ1n) is 3.42. The van der Waals surface area contributed by atoms with E-state index in [9.17, 15) is 0 Å². The van der Waals surface area contributed by atoms with Crippen LogP contribution in [0.3, 0.4) is 0 Å². The van der Waals surface area contributed by atoms with Gasteiger partial charge in [0.05, 0.1) is 0 Å². The Morgan fingerprint density at radius 3 is 2.15 bits per heavy atom. The first kappa shape index (κ1) is 15.1. The molecule has 0 atom stereocenters. The van der Waals surface area contributed by atoms with Crippen LogP contribution in [0.15, 0.2) is 22.7 Å². The van der Waals surface area contributed by atoms with Crippen molar-refractivity contribution in [1.82, 2.24) is 0 Å². The molecule has 4 heteroatoms. The van der Waals surface area contributed by atoms with Crippen LogP contribution in [0.2, 0.25) is 0 Å². The third-order valence-electron chi connectivity index (χ3n) is 1.33. The van der Waals surface area contributed by atoms with Crippen molar-refractivity contribution in [3.63, 3.8) is 0 Å². The maximum atomic E-state index is 8.36. The minimum Gasteiger partial charge on any atom is -0.483 e. The van der Waals surface area contributed by atoms with Crippen molar-refractivity contribution in [3.05, 3.63) is 33.8 Å². The van der Waals surface area contributed by atoms with Crippen LogP contribution in [-0.2, 0) is 4.79 Å². The van der Waals surface area contributed by atoms with Gasteiger partial charge in [0.25, 0.3) is 6.47 Å². The van der Waals surface area contributed by atoms with Crippen molar-refractivity contribution >= 4 is 39.4 Å². The van der Waals surface area contributed by atoms with Gasteiger partial charge in [0.1, 0.15) is 0 Å². The van der Waals surface area contributed by atoms with Crippen LogP contribution in [0.25, 0.3) is 0 Å². The first-order valence-corrected chi connectivity index (χ1v) is 4.21. The van der Waals surface area contributed by atoms with E-state index < -0.39 is 0 Å². The van der Waals surface area contributed by atoms with Crippen LogP contribution < -0.4 is 0 Å². The van der Waals surface area contributed by atoms with Gasteiger partial charge in [-0.25, -0.2) is 0 Å². The lowest BCUT2D eigenvalue weighted by Gasteiger charge is -1.96. The largest absolute Gasteiger partial charge is 0.483 e. The normalized spacial score (nSPS) is 7.62. The number of aryl methyl sites for hydroxylation is 2. The molecule has 0 bridgehead atoms. The molecule has 0 fully saturated rings. The van der Waals surface area contributed by atoms with E-state index in [0.29, 0.717) is 0 Å². The highest BCUT2D eigenvalue weighted by atomic mass is 79.9. The zero-order valence-electron chi connectivity index (χ0n) is 7.45. The Morgan fingerprint density at radius 1 is 1.38 bits per heavy atom. The van der Waals surface area contributed by atoms with Crippen molar-refractivity contribution in [3.8, 4) is 0 Å². The molecule has 1 aromatic carbocycles. The molecule has 1 rings (SSSR count). The third kappa shape index (κ3) is 6.78. The molecule has 0 unspecified atom stereocenters. The highest BCUT2D eigenvalue weighted by molar-refractivity contribution is 9.10. The molecule has 2 nitrogen and oxygen atoms in total. The number of carbonyl (C=O) groups is 1. The molecule has 1 aromatic rings. The molecule has 0 saturated carbocycles. The molecule has 0 aliphatic heterocycles. The zero-order chi connectivity index (χ0) is 9.56. The second-order valence-corrected chi connectivity index (χ2v) is 3.21. The fourth-order valence-electron chi connectivity index (χ4n) is 0.698. The van der Waals surface area contributed by atoms with Gasteiger partial charge in [0, 0.05) is 4.47 Å². The SMILES string of the molecule is Br.Cc1ccc(C)c(Br)c1.O=CO. The Kier molecular flexibility index (Phi) is 9.61. The summed E-state index contributed by atoms with van der Waals surface area (Å²) in [4.78, 5) is 8.36. The second-order valence-electron chi connectivity index (χ2n) is 2.36. The van der Waals surface area contributed by atoms with Gasteiger partial charge in [-0.05, 0) is 31.0 Å². The summed E-state index contributed by atoms with van der Waals surface area (Å²) >= 11 is 3.45. The number of halogens is 2. The smallest absolute Gasteiger partial charge is 0.290 e. The van der Waals surface area contributed by atoms with Gasteiger partial charge < -0.3 is 5.11 Å². The van der Waals surface area contributed by atoms with E-state index in [1.807, 2.05) is 0 Å². The summed E-state index contributed by atoms with van der Waals surface area (Å²) in [6.45, 7) is 3.92. The van der Waals surface area contributed by atoms with Crippen LogP contribution in [0, 0.1) is 13.8 Å². The number of hydrogen-bond donors (Lipinski definition) is 1. The minimum atomic E-state index is -0.250. The number of rotatable bonds is 0. The number of carboxylic acid groups (broad SMARTS) is 1. The van der Waals surface area contributed by atoms with Gasteiger partial charge in [-0.15, -0.1) is 17.0 Å². The van der Waals surface area contributed by atoms with Crippen molar-refractivity contribution in [2.45, 2.75) is 13.8 Å². The molecule has 74 valence electrons. The van der Waals surface area contributed by atoms with Gasteiger partial charge in [-0.3, -0.25) is 4.79 Å². The molecular formula is C9H12Br2O2. The van der Waals surface area contributed by atoms with E-state index in [2.05, 4.69) is 48.0 Å². The topological polar surface area (TPSA) is 37.3 Å². The number of hydrogen-bond acceptors (Lipinski definition) is 1. The maximum Gasteiger partial charge on any atom is 0.290 e. The number of benzene rings is 1. The summed E-state index contributed by atoms with van der Waals surface area (Å²) in [6.07, 6.45) is 0. The van der Waals surface area contributed by atoms with Gasteiger partial charge in [-0.2, -0.15) is 0 Å².